The number of halogens is 1. The smallest absolute Gasteiger partial charge is 0.248 e. The first-order valence-corrected chi connectivity index (χ1v) is 10.0. The Bertz CT molecular complexity index is 1100. The summed E-state index contributed by atoms with van der Waals surface area (Å²) in [5.41, 5.74) is 3.84. The van der Waals surface area contributed by atoms with Crippen molar-refractivity contribution >= 4 is 28.1 Å². The summed E-state index contributed by atoms with van der Waals surface area (Å²) >= 11 is 0. The van der Waals surface area contributed by atoms with E-state index in [4.69, 9.17) is 9.15 Å². The molecule has 1 aliphatic carbocycles. The number of carbonyl (C=O) groups is 1. The minimum Gasteiger partial charge on any atom is -0.493 e. The number of allylic oxidation sites excluding steroid dienone is 1. The molecule has 150 valence electrons. The van der Waals surface area contributed by atoms with Crippen LogP contribution >= 0.6 is 0 Å². The highest BCUT2D eigenvalue weighted by Gasteiger charge is 2.20. The van der Waals surface area contributed by atoms with E-state index in [1.54, 1.807) is 12.1 Å². The Balaban J connectivity index is 1.70. The van der Waals surface area contributed by atoms with E-state index in [0.717, 1.165) is 53.5 Å². The van der Waals surface area contributed by atoms with Crippen LogP contribution in [-0.2, 0) is 17.6 Å². The van der Waals surface area contributed by atoms with Crippen molar-refractivity contribution in [2.24, 2.45) is 0 Å². The fourth-order valence-electron chi connectivity index (χ4n) is 3.88. The Hall–Kier alpha value is -3.08. The summed E-state index contributed by atoms with van der Waals surface area (Å²) in [6.07, 6.45) is 5.75. The third-order valence-corrected chi connectivity index (χ3v) is 5.26. The maximum absolute atomic E-state index is 13.8. The number of ether oxygens (including phenoxy) is 1. The highest BCUT2D eigenvalue weighted by atomic mass is 19.1. The SMILES string of the molecule is CCOc1cc2oc3c(c2cc1/C(C)=C/C(=O)Nc1ccccc1F)CCCC3. The molecule has 0 fully saturated rings. The zero-order valence-electron chi connectivity index (χ0n) is 16.7. The molecule has 5 heteroatoms. The predicted octanol–water partition coefficient (Wildman–Crippen LogP) is 5.89. The number of hydrogen-bond donors (Lipinski definition) is 1. The molecule has 1 aromatic heterocycles. The van der Waals surface area contributed by atoms with E-state index in [1.807, 2.05) is 19.9 Å². The van der Waals surface area contributed by atoms with E-state index in [0.29, 0.717) is 12.4 Å². The van der Waals surface area contributed by atoms with Crippen LogP contribution in [0.1, 0.15) is 43.6 Å². The zero-order valence-corrected chi connectivity index (χ0v) is 16.7. The van der Waals surface area contributed by atoms with Gasteiger partial charge in [-0.15, -0.1) is 0 Å². The van der Waals surface area contributed by atoms with Gasteiger partial charge in [0.1, 0.15) is 22.9 Å². The lowest BCUT2D eigenvalue weighted by Gasteiger charge is -2.12. The zero-order chi connectivity index (χ0) is 20.4. The molecule has 0 saturated carbocycles. The first kappa shape index (κ1) is 19.2. The molecular formula is C24H24FNO3. The Kier molecular flexibility index (Phi) is 5.38. The molecule has 0 radical (unpaired) electrons. The summed E-state index contributed by atoms with van der Waals surface area (Å²) in [5, 5.41) is 3.68. The number of para-hydroxylation sites is 1. The van der Waals surface area contributed by atoms with E-state index < -0.39 is 5.82 Å². The fourth-order valence-corrected chi connectivity index (χ4v) is 3.88. The highest BCUT2D eigenvalue weighted by Crippen LogP contribution is 2.38. The van der Waals surface area contributed by atoms with Gasteiger partial charge in [0.05, 0.1) is 12.3 Å². The van der Waals surface area contributed by atoms with Crippen LogP contribution in [0.15, 0.2) is 46.9 Å². The van der Waals surface area contributed by atoms with E-state index in [-0.39, 0.29) is 11.6 Å². The van der Waals surface area contributed by atoms with Gasteiger partial charge in [-0.05, 0) is 56.9 Å². The molecule has 4 rings (SSSR count). The van der Waals surface area contributed by atoms with Crippen molar-refractivity contribution in [3.8, 4) is 5.75 Å². The molecule has 1 N–H and O–H groups in total. The summed E-state index contributed by atoms with van der Waals surface area (Å²) < 4.78 is 25.7. The van der Waals surface area contributed by atoms with Crippen LogP contribution < -0.4 is 10.1 Å². The first-order valence-electron chi connectivity index (χ1n) is 10.0. The molecule has 3 aromatic rings. The summed E-state index contributed by atoms with van der Waals surface area (Å²) in [6.45, 7) is 4.29. The number of anilines is 1. The third-order valence-electron chi connectivity index (χ3n) is 5.26. The predicted molar refractivity (Wildman–Crippen MR) is 113 cm³/mol. The van der Waals surface area contributed by atoms with Gasteiger partial charge in [-0.25, -0.2) is 4.39 Å². The minimum atomic E-state index is -0.464. The van der Waals surface area contributed by atoms with Gasteiger partial charge >= 0.3 is 0 Å². The largest absolute Gasteiger partial charge is 0.493 e. The van der Waals surface area contributed by atoms with E-state index >= 15 is 0 Å². The normalized spacial score (nSPS) is 14.0. The number of hydrogen-bond acceptors (Lipinski definition) is 3. The van der Waals surface area contributed by atoms with Crippen molar-refractivity contribution in [2.45, 2.75) is 39.5 Å². The van der Waals surface area contributed by atoms with Gasteiger partial charge in [0.15, 0.2) is 0 Å². The lowest BCUT2D eigenvalue weighted by molar-refractivity contribution is -0.111. The van der Waals surface area contributed by atoms with Crippen molar-refractivity contribution in [2.75, 3.05) is 11.9 Å². The van der Waals surface area contributed by atoms with Gasteiger partial charge in [0, 0.05) is 35.1 Å². The second kappa shape index (κ2) is 8.11. The standard InChI is InChI=1S/C24H24FNO3/c1-3-28-22-14-23-18(16-8-4-7-11-21(16)29-23)13-17(22)15(2)12-24(27)26-20-10-6-5-9-19(20)25/h5-6,9-10,12-14H,3-4,7-8,11H2,1-2H3,(H,26,27)/b15-12+. The molecule has 1 amide bonds. The average Bonchev–Trinajstić information content (AvgIpc) is 3.06. The topological polar surface area (TPSA) is 51.5 Å². The summed E-state index contributed by atoms with van der Waals surface area (Å²) in [4.78, 5) is 12.5. The summed E-state index contributed by atoms with van der Waals surface area (Å²) in [6, 6.07) is 10.1. The Morgan fingerprint density at radius 3 is 2.83 bits per heavy atom. The fraction of sp³-hybridized carbons (Fsp3) is 0.292. The molecule has 1 heterocycles. The molecule has 29 heavy (non-hydrogen) atoms. The van der Waals surface area contributed by atoms with Gasteiger partial charge in [0.2, 0.25) is 5.91 Å². The Morgan fingerprint density at radius 2 is 2.03 bits per heavy atom. The maximum Gasteiger partial charge on any atom is 0.248 e. The van der Waals surface area contributed by atoms with E-state index in [9.17, 15) is 9.18 Å². The molecular weight excluding hydrogens is 369 g/mol. The summed E-state index contributed by atoms with van der Waals surface area (Å²) in [5.74, 6) is 0.890. The number of rotatable bonds is 5. The monoisotopic (exact) mass is 393 g/mol. The van der Waals surface area contributed by atoms with Crippen LogP contribution in [0.4, 0.5) is 10.1 Å². The highest BCUT2D eigenvalue weighted by molar-refractivity contribution is 6.04. The number of aryl methyl sites for hydroxylation is 2. The van der Waals surface area contributed by atoms with Crippen LogP contribution in [0.5, 0.6) is 5.75 Å². The van der Waals surface area contributed by atoms with Crippen molar-refractivity contribution in [3.05, 3.63) is 65.2 Å². The minimum absolute atomic E-state index is 0.158. The average molecular weight is 393 g/mol. The van der Waals surface area contributed by atoms with Crippen molar-refractivity contribution < 1.29 is 18.3 Å². The number of nitrogens with one attached hydrogen (secondary N) is 1. The molecule has 0 spiro atoms. The molecule has 0 atom stereocenters. The molecule has 4 nitrogen and oxygen atoms in total. The van der Waals surface area contributed by atoms with Crippen LogP contribution in [0.2, 0.25) is 0 Å². The number of amides is 1. The number of furan rings is 1. The van der Waals surface area contributed by atoms with Crippen molar-refractivity contribution in [1.82, 2.24) is 0 Å². The molecule has 1 aliphatic rings. The van der Waals surface area contributed by atoms with Crippen LogP contribution in [0, 0.1) is 5.82 Å². The van der Waals surface area contributed by atoms with Gasteiger partial charge in [0.25, 0.3) is 0 Å². The second-order valence-electron chi connectivity index (χ2n) is 7.28. The van der Waals surface area contributed by atoms with Crippen molar-refractivity contribution in [1.29, 1.82) is 0 Å². The molecule has 0 aliphatic heterocycles. The lowest BCUT2D eigenvalue weighted by atomic mass is 9.94. The van der Waals surface area contributed by atoms with Gasteiger partial charge in [-0.3, -0.25) is 4.79 Å². The van der Waals surface area contributed by atoms with Gasteiger partial charge in [-0.1, -0.05) is 12.1 Å². The van der Waals surface area contributed by atoms with Crippen LogP contribution in [-0.4, -0.2) is 12.5 Å². The molecule has 0 bridgehead atoms. The number of benzene rings is 2. The number of fused-ring (bicyclic) bond motifs is 3. The molecule has 2 aromatic carbocycles. The van der Waals surface area contributed by atoms with Gasteiger partial charge < -0.3 is 14.5 Å². The van der Waals surface area contributed by atoms with E-state index in [1.165, 1.54) is 23.8 Å². The Labute approximate surface area is 169 Å². The Morgan fingerprint density at radius 1 is 1.24 bits per heavy atom. The van der Waals surface area contributed by atoms with E-state index in [2.05, 4.69) is 11.4 Å². The quantitative estimate of drug-likeness (QED) is 0.550. The molecule has 0 unspecified atom stereocenters. The third kappa shape index (κ3) is 3.90. The number of carbonyl (C=O) groups excluding carboxylic acids is 1. The first-order chi connectivity index (χ1) is 14.1. The summed E-state index contributed by atoms with van der Waals surface area (Å²) in [7, 11) is 0. The van der Waals surface area contributed by atoms with Crippen molar-refractivity contribution in [3.63, 3.8) is 0 Å². The van der Waals surface area contributed by atoms with Crippen LogP contribution in [0.25, 0.3) is 16.5 Å². The molecule has 0 saturated heterocycles. The van der Waals surface area contributed by atoms with Gasteiger partial charge in [-0.2, -0.15) is 0 Å². The second-order valence-corrected chi connectivity index (χ2v) is 7.28. The lowest BCUT2D eigenvalue weighted by Crippen LogP contribution is -2.10. The maximum atomic E-state index is 13.8. The van der Waals surface area contributed by atoms with Crippen LogP contribution in [0.3, 0.4) is 0 Å².